The maximum Gasteiger partial charge on any atom is 0.253 e. The zero-order valence-electron chi connectivity index (χ0n) is 15.9. The standard InChI is InChI=1S/C21H28O4Si/c1-22-18-15-19(21(24-3)20(18)23-2)25-26(4,16-11-7-5-8-12-16)17-13-9-6-10-14-17/h5-14,18-21H,15H2,1-4H3/t18-,19+,20-,21-/m1/s1. The fourth-order valence-corrected chi connectivity index (χ4v) is 7.05. The van der Waals surface area contributed by atoms with Crippen molar-refractivity contribution in [1.82, 2.24) is 0 Å². The molecular weight excluding hydrogens is 344 g/mol. The fourth-order valence-electron chi connectivity index (χ4n) is 3.96. The first-order valence-electron chi connectivity index (χ1n) is 9.01. The van der Waals surface area contributed by atoms with E-state index < -0.39 is 8.32 Å². The summed E-state index contributed by atoms with van der Waals surface area (Å²) in [7, 11) is 2.74. The summed E-state index contributed by atoms with van der Waals surface area (Å²) in [5.41, 5.74) is 0. The van der Waals surface area contributed by atoms with Crippen LogP contribution in [0.25, 0.3) is 0 Å². The van der Waals surface area contributed by atoms with Gasteiger partial charge in [-0.1, -0.05) is 60.7 Å². The van der Waals surface area contributed by atoms with Gasteiger partial charge in [-0.2, -0.15) is 0 Å². The molecule has 4 nitrogen and oxygen atoms in total. The Labute approximate surface area is 157 Å². The Morgan fingerprint density at radius 3 is 1.58 bits per heavy atom. The highest BCUT2D eigenvalue weighted by Crippen LogP contribution is 2.31. The van der Waals surface area contributed by atoms with Crippen LogP contribution in [0.2, 0.25) is 6.55 Å². The highest BCUT2D eigenvalue weighted by molar-refractivity contribution is 6.96. The molecule has 26 heavy (non-hydrogen) atoms. The number of methoxy groups -OCH3 is 3. The van der Waals surface area contributed by atoms with Crippen LogP contribution in [0.15, 0.2) is 60.7 Å². The summed E-state index contributed by atoms with van der Waals surface area (Å²) in [6.07, 6.45) is 0.381. The van der Waals surface area contributed by atoms with Crippen molar-refractivity contribution in [2.45, 2.75) is 37.4 Å². The molecule has 1 aliphatic rings. The molecule has 140 valence electrons. The van der Waals surface area contributed by atoms with Gasteiger partial charge < -0.3 is 18.6 Å². The molecule has 1 saturated carbocycles. The summed E-state index contributed by atoms with van der Waals surface area (Å²) in [5, 5.41) is 2.49. The van der Waals surface area contributed by atoms with Gasteiger partial charge in [0.15, 0.2) is 0 Å². The van der Waals surface area contributed by atoms with Crippen molar-refractivity contribution >= 4 is 18.7 Å². The fraction of sp³-hybridized carbons (Fsp3) is 0.429. The summed E-state index contributed by atoms with van der Waals surface area (Å²) in [5.74, 6) is 0. The van der Waals surface area contributed by atoms with E-state index in [1.807, 2.05) is 12.1 Å². The van der Waals surface area contributed by atoms with Crippen molar-refractivity contribution in [3.05, 3.63) is 60.7 Å². The van der Waals surface area contributed by atoms with Gasteiger partial charge in [0.25, 0.3) is 8.32 Å². The van der Waals surface area contributed by atoms with Crippen LogP contribution in [0.4, 0.5) is 0 Å². The van der Waals surface area contributed by atoms with Gasteiger partial charge in [0.2, 0.25) is 0 Å². The zero-order chi connectivity index (χ0) is 18.6. The molecule has 0 N–H and O–H groups in total. The lowest BCUT2D eigenvalue weighted by molar-refractivity contribution is -0.0856. The van der Waals surface area contributed by atoms with Gasteiger partial charge in [0.1, 0.15) is 12.2 Å². The first kappa shape index (κ1) is 19.3. The Balaban J connectivity index is 1.96. The van der Waals surface area contributed by atoms with Crippen LogP contribution in [0.5, 0.6) is 0 Å². The molecule has 3 rings (SSSR count). The average Bonchev–Trinajstić information content (AvgIpc) is 3.05. The third kappa shape index (κ3) is 3.63. The van der Waals surface area contributed by atoms with Crippen LogP contribution in [0.1, 0.15) is 6.42 Å². The van der Waals surface area contributed by atoms with Crippen molar-refractivity contribution in [1.29, 1.82) is 0 Å². The second-order valence-corrected chi connectivity index (χ2v) is 10.3. The van der Waals surface area contributed by atoms with Crippen molar-refractivity contribution < 1.29 is 18.6 Å². The van der Waals surface area contributed by atoms with E-state index in [2.05, 4.69) is 55.1 Å². The van der Waals surface area contributed by atoms with Gasteiger partial charge in [0.05, 0.1) is 12.2 Å². The quantitative estimate of drug-likeness (QED) is 0.699. The van der Waals surface area contributed by atoms with Crippen molar-refractivity contribution in [3.63, 3.8) is 0 Å². The molecule has 0 bridgehead atoms. The summed E-state index contributed by atoms with van der Waals surface area (Å²) < 4.78 is 24.0. The minimum absolute atomic E-state index is 0.0280. The van der Waals surface area contributed by atoms with Crippen LogP contribution in [-0.2, 0) is 18.6 Å². The van der Waals surface area contributed by atoms with Gasteiger partial charge >= 0.3 is 0 Å². The van der Waals surface area contributed by atoms with Gasteiger partial charge in [-0.25, -0.2) is 0 Å². The van der Waals surface area contributed by atoms with Crippen LogP contribution in [-0.4, -0.2) is 54.1 Å². The van der Waals surface area contributed by atoms with E-state index in [0.29, 0.717) is 0 Å². The lowest BCUT2D eigenvalue weighted by Crippen LogP contribution is -2.61. The Hall–Kier alpha value is -1.50. The van der Waals surface area contributed by atoms with E-state index in [-0.39, 0.29) is 24.4 Å². The molecule has 0 aromatic heterocycles. The minimum Gasteiger partial charge on any atom is -0.402 e. The molecule has 0 spiro atoms. The zero-order valence-corrected chi connectivity index (χ0v) is 16.9. The van der Waals surface area contributed by atoms with Gasteiger partial charge in [-0.15, -0.1) is 0 Å². The van der Waals surface area contributed by atoms with Crippen LogP contribution < -0.4 is 10.4 Å². The Morgan fingerprint density at radius 1 is 0.692 bits per heavy atom. The van der Waals surface area contributed by atoms with Gasteiger partial charge in [-0.3, -0.25) is 0 Å². The second-order valence-electron chi connectivity index (χ2n) is 6.83. The van der Waals surface area contributed by atoms with Gasteiger partial charge in [-0.05, 0) is 16.9 Å². The molecule has 0 heterocycles. The molecule has 4 atom stereocenters. The van der Waals surface area contributed by atoms with Crippen LogP contribution in [0, 0.1) is 0 Å². The van der Waals surface area contributed by atoms with Crippen molar-refractivity contribution in [2.24, 2.45) is 0 Å². The monoisotopic (exact) mass is 372 g/mol. The molecule has 1 aliphatic carbocycles. The number of rotatable bonds is 7. The van der Waals surface area contributed by atoms with Crippen molar-refractivity contribution in [2.75, 3.05) is 21.3 Å². The molecule has 1 fully saturated rings. The Kier molecular flexibility index (Phi) is 6.27. The molecule has 2 aromatic rings. The van der Waals surface area contributed by atoms with Gasteiger partial charge in [0, 0.05) is 27.8 Å². The van der Waals surface area contributed by atoms with E-state index in [4.69, 9.17) is 18.6 Å². The lowest BCUT2D eigenvalue weighted by atomic mass is 10.2. The Morgan fingerprint density at radius 2 is 1.15 bits per heavy atom. The second kappa shape index (κ2) is 8.46. The smallest absolute Gasteiger partial charge is 0.253 e. The Bertz CT molecular complexity index is 639. The SMILES string of the molecule is CO[C@H]1[C@H](OC)[C@H](OC)C[C@@H]1O[Si](C)(c1ccccc1)c1ccccc1. The molecule has 0 radical (unpaired) electrons. The average molecular weight is 373 g/mol. The summed E-state index contributed by atoms with van der Waals surface area (Å²) in [6, 6.07) is 21.0. The summed E-state index contributed by atoms with van der Waals surface area (Å²) in [6.45, 7) is 2.26. The minimum atomic E-state index is -2.40. The third-order valence-electron chi connectivity index (χ3n) is 5.40. The molecule has 0 unspecified atom stereocenters. The van der Waals surface area contributed by atoms with E-state index in [1.54, 1.807) is 21.3 Å². The number of benzene rings is 2. The molecule has 0 amide bonds. The number of hydrogen-bond donors (Lipinski definition) is 0. The summed E-state index contributed by atoms with van der Waals surface area (Å²) in [4.78, 5) is 0. The highest BCUT2D eigenvalue weighted by atomic mass is 28.4. The summed E-state index contributed by atoms with van der Waals surface area (Å²) >= 11 is 0. The van der Waals surface area contributed by atoms with Crippen LogP contribution in [0.3, 0.4) is 0 Å². The first-order chi connectivity index (χ1) is 12.6. The van der Waals surface area contributed by atoms with E-state index in [1.165, 1.54) is 10.4 Å². The predicted molar refractivity (Wildman–Crippen MR) is 106 cm³/mol. The van der Waals surface area contributed by atoms with E-state index >= 15 is 0 Å². The molecule has 0 aliphatic heterocycles. The maximum absolute atomic E-state index is 6.89. The van der Waals surface area contributed by atoms with E-state index in [0.717, 1.165) is 6.42 Å². The first-order valence-corrected chi connectivity index (χ1v) is 11.4. The van der Waals surface area contributed by atoms with Crippen molar-refractivity contribution in [3.8, 4) is 0 Å². The van der Waals surface area contributed by atoms with E-state index in [9.17, 15) is 0 Å². The lowest BCUT2D eigenvalue weighted by Gasteiger charge is -2.34. The number of hydrogen-bond acceptors (Lipinski definition) is 4. The molecule has 5 heteroatoms. The largest absolute Gasteiger partial charge is 0.402 e. The number of ether oxygens (including phenoxy) is 3. The highest BCUT2D eigenvalue weighted by Gasteiger charge is 2.49. The predicted octanol–water partition coefficient (Wildman–Crippen LogP) is 2.21. The van der Waals surface area contributed by atoms with Crippen LogP contribution >= 0.6 is 0 Å². The normalized spacial score (nSPS) is 26.2. The maximum atomic E-state index is 6.89. The molecular formula is C21H28O4Si. The molecule has 2 aromatic carbocycles. The topological polar surface area (TPSA) is 36.9 Å². The molecule has 0 saturated heterocycles. The third-order valence-corrected chi connectivity index (χ3v) is 9.05.